The van der Waals surface area contributed by atoms with Crippen LogP contribution < -0.4 is 9.80 Å². The summed E-state index contributed by atoms with van der Waals surface area (Å²) in [4.78, 5) is 21.3. The minimum absolute atomic E-state index is 0.133. The molecular weight excluding hydrogens is 450 g/mol. The van der Waals surface area contributed by atoms with E-state index in [9.17, 15) is 4.79 Å². The molecule has 0 spiro atoms. The van der Waals surface area contributed by atoms with Crippen LogP contribution in [-0.2, 0) is 13.0 Å². The lowest BCUT2D eigenvalue weighted by Gasteiger charge is -2.26. The zero-order chi connectivity index (χ0) is 24.4. The predicted octanol–water partition coefficient (Wildman–Crippen LogP) is 6.18. The van der Waals surface area contributed by atoms with E-state index in [4.69, 9.17) is 0 Å². The Hall–Kier alpha value is -2.63. The Labute approximate surface area is 214 Å². The molecule has 2 aliphatic rings. The van der Waals surface area contributed by atoms with Crippen molar-refractivity contribution >= 4 is 28.6 Å². The quantitative estimate of drug-likeness (QED) is 0.342. The van der Waals surface area contributed by atoms with Crippen LogP contribution in [0.15, 0.2) is 66.0 Å². The predicted molar refractivity (Wildman–Crippen MR) is 148 cm³/mol. The van der Waals surface area contributed by atoms with E-state index >= 15 is 0 Å². The maximum Gasteiger partial charge on any atom is 0.268 e. The van der Waals surface area contributed by atoms with Gasteiger partial charge in [0.05, 0.1) is 4.88 Å². The molecule has 184 valence electrons. The number of piperidine rings is 1. The van der Waals surface area contributed by atoms with Gasteiger partial charge in [-0.2, -0.15) is 0 Å². The average molecular weight is 488 g/mol. The molecule has 2 unspecified atom stereocenters. The van der Waals surface area contributed by atoms with Gasteiger partial charge in [-0.05, 0) is 84.9 Å². The van der Waals surface area contributed by atoms with E-state index in [-0.39, 0.29) is 5.91 Å². The van der Waals surface area contributed by atoms with Crippen LogP contribution in [-0.4, -0.2) is 43.5 Å². The summed E-state index contributed by atoms with van der Waals surface area (Å²) in [6, 6.07) is 21.6. The largest absolute Gasteiger partial charge is 0.372 e. The highest BCUT2D eigenvalue weighted by Crippen LogP contribution is 2.52. The molecule has 1 aromatic heterocycles. The summed E-state index contributed by atoms with van der Waals surface area (Å²) in [6.45, 7) is 12.7. The van der Waals surface area contributed by atoms with Gasteiger partial charge in [0.25, 0.3) is 5.91 Å². The molecule has 0 N–H and O–H groups in total. The second-order valence-corrected chi connectivity index (χ2v) is 10.9. The number of benzene rings is 2. The van der Waals surface area contributed by atoms with Gasteiger partial charge >= 0.3 is 0 Å². The second kappa shape index (κ2) is 10.5. The molecule has 35 heavy (non-hydrogen) atoms. The Kier molecular flexibility index (Phi) is 7.26. The van der Waals surface area contributed by atoms with E-state index in [1.807, 2.05) is 22.4 Å². The number of amides is 1. The number of nitrogens with zero attached hydrogens (tertiary/aromatic N) is 3. The SMILES string of the molecule is CCc1ccc(CN2CC3C(C2)C3CN(C(=O)c2cccs2)c2ccc(N(CC)CC)cc2)cc1. The number of hydrogen-bond acceptors (Lipinski definition) is 4. The molecule has 5 heteroatoms. The van der Waals surface area contributed by atoms with Gasteiger partial charge in [0.15, 0.2) is 0 Å². The summed E-state index contributed by atoms with van der Waals surface area (Å²) in [5.74, 6) is 2.14. The molecular formula is C30H37N3OS. The third-order valence-electron chi connectivity index (χ3n) is 7.94. The number of anilines is 2. The molecule has 2 aromatic carbocycles. The number of likely N-dealkylation sites (tertiary alicyclic amines) is 1. The minimum atomic E-state index is 0.133. The Bertz CT molecular complexity index is 1090. The van der Waals surface area contributed by atoms with Crippen molar-refractivity contribution in [1.29, 1.82) is 0 Å². The van der Waals surface area contributed by atoms with Crippen molar-refractivity contribution in [3.05, 3.63) is 82.0 Å². The highest BCUT2D eigenvalue weighted by molar-refractivity contribution is 7.12. The van der Waals surface area contributed by atoms with E-state index in [0.29, 0.717) is 17.8 Å². The Balaban J connectivity index is 1.25. The van der Waals surface area contributed by atoms with Crippen molar-refractivity contribution in [2.24, 2.45) is 17.8 Å². The zero-order valence-corrected chi connectivity index (χ0v) is 22.0. The summed E-state index contributed by atoms with van der Waals surface area (Å²) in [5, 5.41) is 1.99. The summed E-state index contributed by atoms with van der Waals surface area (Å²) >= 11 is 1.53. The van der Waals surface area contributed by atoms with Crippen LogP contribution >= 0.6 is 11.3 Å². The smallest absolute Gasteiger partial charge is 0.268 e. The third kappa shape index (κ3) is 5.17. The number of hydrogen-bond donors (Lipinski definition) is 0. The molecule has 2 fully saturated rings. The fourth-order valence-electron chi connectivity index (χ4n) is 5.76. The monoisotopic (exact) mass is 487 g/mol. The molecule has 0 radical (unpaired) electrons. The third-order valence-corrected chi connectivity index (χ3v) is 8.80. The van der Waals surface area contributed by atoms with E-state index in [2.05, 4.69) is 79.1 Å². The Morgan fingerprint density at radius 2 is 1.51 bits per heavy atom. The topological polar surface area (TPSA) is 26.8 Å². The van der Waals surface area contributed by atoms with Crippen LogP contribution in [0.2, 0.25) is 0 Å². The summed E-state index contributed by atoms with van der Waals surface area (Å²) in [6.07, 6.45) is 1.09. The molecule has 1 aliphatic heterocycles. The van der Waals surface area contributed by atoms with E-state index in [1.165, 1.54) is 28.2 Å². The normalized spacial score (nSPS) is 21.1. The summed E-state index contributed by atoms with van der Waals surface area (Å²) in [7, 11) is 0. The summed E-state index contributed by atoms with van der Waals surface area (Å²) in [5.41, 5.74) is 5.03. The van der Waals surface area contributed by atoms with Crippen LogP contribution in [0.4, 0.5) is 11.4 Å². The molecule has 4 nitrogen and oxygen atoms in total. The standard InChI is InChI=1S/C30H37N3OS/c1-4-22-9-11-23(12-10-22)18-31-19-26-27(20-31)28(26)21-33(30(34)29-8-7-17-35-29)25-15-13-24(14-16-25)32(5-2)6-3/h7-17,26-28H,4-6,18-21H2,1-3H3. The molecule has 1 saturated carbocycles. The molecule has 1 saturated heterocycles. The van der Waals surface area contributed by atoms with Crippen LogP contribution in [0.25, 0.3) is 0 Å². The lowest BCUT2D eigenvalue weighted by atomic mass is 10.1. The van der Waals surface area contributed by atoms with Gasteiger partial charge < -0.3 is 9.80 Å². The number of rotatable bonds is 10. The van der Waals surface area contributed by atoms with Crippen molar-refractivity contribution in [1.82, 2.24) is 4.90 Å². The Morgan fingerprint density at radius 1 is 0.886 bits per heavy atom. The fourth-order valence-corrected chi connectivity index (χ4v) is 6.43. The van der Waals surface area contributed by atoms with Crippen molar-refractivity contribution in [2.45, 2.75) is 33.7 Å². The molecule has 2 heterocycles. The van der Waals surface area contributed by atoms with Gasteiger partial charge in [0.2, 0.25) is 0 Å². The van der Waals surface area contributed by atoms with Crippen molar-refractivity contribution in [2.75, 3.05) is 42.5 Å². The highest BCUT2D eigenvalue weighted by atomic mass is 32.1. The van der Waals surface area contributed by atoms with Crippen molar-refractivity contribution in [3.8, 4) is 0 Å². The van der Waals surface area contributed by atoms with Crippen LogP contribution in [0.5, 0.6) is 0 Å². The Morgan fingerprint density at radius 3 is 2.09 bits per heavy atom. The van der Waals surface area contributed by atoms with Gasteiger partial charge in [0, 0.05) is 50.6 Å². The van der Waals surface area contributed by atoms with Crippen LogP contribution in [0.1, 0.15) is 41.6 Å². The molecule has 1 amide bonds. The van der Waals surface area contributed by atoms with Crippen molar-refractivity contribution < 1.29 is 4.79 Å². The molecule has 3 aromatic rings. The number of fused-ring (bicyclic) bond motifs is 1. The van der Waals surface area contributed by atoms with E-state index < -0.39 is 0 Å². The molecule has 0 bridgehead atoms. The number of thiophene rings is 1. The van der Waals surface area contributed by atoms with Crippen molar-refractivity contribution in [3.63, 3.8) is 0 Å². The van der Waals surface area contributed by atoms with E-state index in [0.717, 1.165) is 56.3 Å². The average Bonchev–Trinajstić information content (AvgIpc) is 3.27. The van der Waals surface area contributed by atoms with Crippen LogP contribution in [0, 0.1) is 17.8 Å². The molecule has 2 atom stereocenters. The number of carbonyl (C=O) groups excluding carboxylic acids is 1. The van der Waals surface area contributed by atoms with Gasteiger partial charge in [-0.15, -0.1) is 11.3 Å². The van der Waals surface area contributed by atoms with E-state index in [1.54, 1.807) is 0 Å². The molecule has 5 rings (SSSR count). The van der Waals surface area contributed by atoms with Gasteiger partial charge in [-0.1, -0.05) is 37.3 Å². The molecule has 1 aliphatic carbocycles. The highest BCUT2D eigenvalue weighted by Gasteiger charge is 2.56. The number of carbonyl (C=O) groups is 1. The van der Waals surface area contributed by atoms with Crippen LogP contribution in [0.3, 0.4) is 0 Å². The fraction of sp³-hybridized carbons (Fsp3) is 0.433. The van der Waals surface area contributed by atoms with Gasteiger partial charge in [-0.3, -0.25) is 9.69 Å². The maximum absolute atomic E-state index is 13.5. The first-order valence-electron chi connectivity index (χ1n) is 13.1. The first-order chi connectivity index (χ1) is 17.1. The minimum Gasteiger partial charge on any atom is -0.372 e. The summed E-state index contributed by atoms with van der Waals surface area (Å²) < 4.78 is 0. The number of aryl methyl sites for hydroxylation is 1. The van der Waals surface area contributed by atoms with Gasteiger partial charge in [0.1, 0.15) is 0 Å². The zero-order valence-electron chi connectivity index (χ0n) is 21.2. The lowest BCUT2D eigenvalue weighted by molar-refractivity contribution is 0.0988. The van der Waals surface area contributed by atoms with Gasteiger partial charge in [-0.25, -0.2) is 0 Å². The first-order valence-corrected chi connectivity index (χ1v) is 14.0. The second-order valence-electron chi connectivity index (χ2n) is 9.94. The first kappa shape index (κ1) is 24.1. The maximum atomic E-state index is 13.5. The lowest BCUT2D eigenvalue weighted by Crippen LogP contribution is -2.35.